The van der Waals surface area contributed by atoms with Crippen molar-refractivity contribution in [2.45, 2.75) is 6.92 Å². The molecule has 1 amide bonds. The zero-order valence-electron chi connectivity index (χ0n) is 17.5. The molecule has 0 atom stereocenters. The number of halogens is 1. The van der Waals surface area contributed by atoms with E-state index in [4.69, 9.17) is 21.3 Å². The first kappa shape index (κ1) is 21.1. The molecular weight excluding hydrogens is 458 g/mol. The second-order valence-electron chi connectivity index (χ2n) is 7.28. The lowest BCUT2D eigenvalue weighted by atomic mass is 10.1. The second-order valence-corrected chi connectivity index (χ2v) is 8.75. The van der Waals surface area contributed by atoms with Gasteiger partial charge in [0.1, 0.15) is 23.4 Å². The van der Waals surface area contributed by atoms with Crippen LogP contribution in [0.2, 0.25) is 5.02 Å². The average Bonchev–Trinajstić information content (AvgIpc) is 3.49. The van der Waals surface area contributed by atoms with E-state index in [1.165, 1.54) is 12.7 Å². The van der Waals surface area contributed by atoms with Crippen molar-refractivity contribution in [3.05, 3.63) is 83.9 Å². The second kappa shape index (κ2) is 9.01. The summed E-state index contributed by atoms with van der Waals surface area (Å²) in [5, 5.41) is 12.0. The maximum absolute atomic E-state index is 12.7. The van der Waals surface area contributed by atoms with Crippen LogP contribution in [0.1, 0.15) is 5.56 Å². The highest BCUT2D eigenvalue weighted by Crippen LogP contribution is 2.34. The summed E-state index contributed by atoms with van der Waals surface area (Å²) in [5.74, 6) is 0.221. The minimum Gasteiger partial charge on any atom is -0.482 e. The van der Waals surface area contributed by atoms with Crippen molar-refractivity contribution in [1.29, 1.82) is 0 Å². The first-order valence-electron chi connectivity index (χ1n) is 10.1. The van der Waals surface area contributed by atoms with Crippen LogP contribution in [0.25, 0.3) is 26.5 Å². The van der Waals surface area contributed by atoms with Crippen LogP contribution in [0.5, 0.6) is 5.75 Å². The number of carbonyl (C=O) groups excluding carboxylic acids is 1. The molecule has 33 heavy (non-hydrogen) atoms. The summed E-state index contributed by atoms with van der Waals surface area (Å²) < 4.78 is 8.59. The number of fused-ring (bicyclic) bond motifs is 1. The number of hydrogen-bond acceptors (Lipinski definition) is 6. The molecular formula is C24H18ClN5O2S. The minimum atomic E-state index is -0.274. The van der Waals surface area contributed by atoms with Crippen LogP contribution in [0.4, 0.5) is 5.69 Å². The summed E-state index contributed by atoms with van der Waals surface area (Å²) in [6, 6.07) is 19.0. The molecule has 164 valence electrons. The van der Waals surface area contributed by atoms with Gasteiger partial charge in [0.25, 0.3) is 5.91 Å². The number of amides is 1. The van der Waals surface area contributed by atoms with E-state index in [2.05, 4.69) is 21.6 Å². The summed E-state index contributed by atoms with van der Waals surface area (Å²) >= 11 is 7.75. The van der Waals surface area contributed by atoms with E-state index in [1.807, 2.05) is 43.3 Å². The van der Waals surface area contributed by atoms with Crippen molar-refractivity contribution in [2.24, 2.45) is 0 Å². The highest BCUT2D eigenvalue weighted by Gasteiger charge is 2.14. The van der Waals surface area contributed by atoms with E-state index >= 15 is 0 Å². The minimum absolute atomic E-state index is 0.165. The first-order chi connectivity index (χ1) is 16.1. The number of thiazole rings is 1. The predicted molar refractivity (Wildman–Crippen MR) is 130 cm³/mol. The van der Waals surface area contributed by atoms with E-state index in [1.54, 1.807) is 34.1 Å². The largest absolute Gasteiger partial charge is 0.482 e. The number of aromatic nitrogens is 4. The fourth-order valence-electron chi connectivity index (χ4n) is 3.46. The zero-order valence-corrected chi connectivity index (χ0v) is 19.1. The van der Waals surface area contributed by atoms with Crippen LogP contribution < -0.4 is 10.1 Å². The van der Waals surface area contributed by atoms with Gasteiger partial charge in [-0.05, 0) is 48.9 Å². The number of nitrogens with one attached hydrogen (secondary N) is 1. The van der Waals surface area contributed by atoms with Crippen molar-refractivity contribution >= 4 is 44.7 Å². The number of para-hydroxylation sites is 1. The molecule has 0 saturated carbocycles. The van der Waals surface area contributed by atoms with Gasteiger partial charge in [-0.2, -0.15) is 0 Å². The predicted octanol–water partition coefficient (Wildman–Crippen LogP) is 5.52. The van der Waals surface area contributed by atoms with Crippen LogP contribution in [0.3, 0.4) is 0 Å². The van der Waals surface area contributed by atoms with Gasteiger partial charge >= 0.3 is 0 Å². The molecule has 5 aromatic rings. The quantitative estimate of drug-likeness (QED) is 0.349. The third-order valence-electron chi connectivity index (χ3n) is 5.11. The highest BCUT2D eigenvalue weighted by molar-refractivity contribution is 7.21. The molecule has 0 radical (unpaired) electrons. The average molecular weight is 476 g/mol. The summed E-state index contributed by atoms with van der Waals surface area (Å²) in [6.45, 7) is 1.81. The Bertz CT molecular complexity index is 1420. The molecule has 1 N–H and O–H groups in total. The lowest BCUT2D eigenvalue weighted by Crippen LogP contribution is -2.21. The molecule has 5 rings (SSSR count). The number of nitrogens with zero attached hydrogens (tertiary/aromatic N) is 4. The van der Waals surface area contributed by atoms with Gasteiger partial charge in [-0.3, -0.25) is 9.36 Å². The van der Waals surface area contributed by atoms with Gasteiger partial charge in [-0.1, -0.05) is 35.9 Å². The fraction of sp³-hybridized carbons (Fsp3) is 0.0833. The molecule has 2 aromatic heterocycles. The Kier molecular flexibility index (Phi) is 5.77. The maximum Gasteiger partial charge on any atom is 0.262 e. The van der Waals surface area contributed by atoms with Gasteiger partial charge in [0.2, 0.25) is 0 Å². The van der Waals surface area contributed by atoms with Crippen molar-refractivity contribution in [2.75, 3.05) is 11.9 Å². The van der Waals surface area contributed by atoms with Crippen molar-refractivity contribution in [3.63, 3.8) is 0 Å². The normalized spacial score (nSPS) is 11.0. The molecule has 0 spiro atoms. The van der Waals surface area contributed by atoms with Crippen LogP contribution >= 0.6 is 22.9 Å². The Labute approximate surface area is 198 Å². The number of rotatable bonds is 6. The Balaban J connectivity index is 1.33. The summed E-state index contributed by atoms with van der Waals surface area (Å²) in [6.07, 6.45) is 3.07. The van der Waals surface area contributed by atoms with Gasteiger partial charge in [0.15, 0.2) is 6.61 Å². The van der Waals surface area contributed by atoms with Crippen LogP contribution in [0, 0.1) is 6.92 Å². The Morgan fingerprint density at radius 1 is 1.09 bits per heavy atom. The smallest absolute Gasteiger partial charge is 0.262 e. The Hall–Kier alpha value is -3.75. The zero-order chi connectivity index (χ0) is 22.8. The van der Waals surface area contributed by atoms with E-state index in [0.717, 1.165) is 32.0 Å². The standard InChI is InChI=1S/C24H18ClN5O2S/c1-15-17(24-29-19-6-2-3-8-22(19)33-24)5-4-7-18(15)28-23(31)12-32-21-10-9-16(25)11-20(21)30-13-26-27-14-30/h2-11,13-14H,12H2,1H3,(H,28,31). The van der Waals surface area contributed by atoms with Crippen LogP contribution in [-0.2, 0) is 4.79 Å². The van der Waals surface area contributed by atoms with Gasteiger partial charge in [-0.25, -0.2) is 4.98 Å². The number of ether oxygens (including phenoxy) is 1. The van der Waals surface area contributed by atoms with E-state index < -0.39 is 0 Å². The molecule has 2 heterocycles. The van der Waals surface area contributed by atoms with Gasteiger partial charge in [0.05, 0.1) is 15.9 Å². The number of anilines is 1. The van der Waals surface area contributed by atoms with Crippen LogP contribution in [0.15, 0.2) is 73.3 Å². The summed E-state index contributed by atoms with van der Waals surface area (Å²) in [7, 11) is 0. The molecule has 0 aliphatic carbocycles. The Morgan fingerprint density at radius 2 is 1.91 bits per heavy atom. The first-order valence-corrected chi connectivity index (χ1v) is 11.3. The van der Waals surface area contributed by atoms with Crippen molar-refractivity contribution in [3.8, 4) is 22.0 Å². The number of carbonyl (C=O) groups is 1. The van der Waals surface area contributed by atoms with Crippen molar-refractivity contribution < 1.29 is 9.53 Å². The molecule has 0 fully saturated rings. The molecule has 0 saturated heterocycles. The topological polar surface area (TPSA) is 81.9 Å². The van der Waals surface area contributed by atoms with Gasteiger partial charge in [-0.15, -0.1) is 21.5 Å². The molecule has 0 aliphatic heterocycles. The van der Waals surface area contributed by atoms with Crippen molar-refractivity contribution in [1.82, 2.24) is 19.7 Å². The molecule has 9 heteroatoms. The van der Waals surface area contributed by atoms with E-state index in [-0.39, 0.29) is 12.5 Å². The monoisotopic (exact) mass is 475 g/mol. The molecule has 7 nitrogen and oxygen atoms in total. The van der Waals surface area contributed by atoms with Gasteiger partial charge in [0, 0.05) is 16.3 Å². The molecule has 3 aromatic carbocycles. The van der Waals surface area contributed by atoms with Crippen LogP contribution in [-0.4, -0.2) is 32.3 Å². The molecule has 0 aliphatic rings. The lowest BCUT2D eigenvalue weighted by molar-refractivity contribution is -0.118. The van der Waals surface area contributed by atoms with E-state index in [9.17, 15) is 4.79 Å². The third-order valence-corrected chi connectivity index (χ3v) is 6.41. The van der Waals surface area contributed by atoms with Gasteiger partial charge < -0.3 is 10.1 Å². The molecule has 0 bridgehead atoms. The molecule has 0 unspecified atom stereocenters. The SMILES string of the molecule is Cc1c(NC(=O)COc2ccc(Cl)cc2-n2cnnc2)cccc1-c1nc2ccccc2s1. The highest BCUT2D eigenvalue weighted by atomic mass is 35.5. The summed E-state index contributed by atoms with van der Waals surface area (Å²) in [4.78, 5) is 17.4. The fourth-order valence-corrected chi connectivity index (χ4v) is 4.67. The third kappa shape index (κ3) is 4.44. The van der Waals surface area contributed by atoms with E-state index in [0.29, 0.717) is 16.5 Å². The number of hydrogen-bond donors (Lipinski definition) is 1. The number of benzene rings is 3. The lowest BCUT2D eigenvalue weighted by Gasteiger charge is -2.14. The summed E-state index contributed by atoms with van der Waals surface area (Å²) in [5.41, 5.74) is 4.26. The Morgan fingerprint density at radius 3 is 2.73 bits per heavy atom. The maximum atomic E-state index is 12.7.